The van der Waals surface area contributed by atoms with E-state index in [1.807, 2.05) is 6.92 Å². The highest BCUT2D eigenvalue weighted by atomic mass is 35.5. The van der Waals surface area contributed by atoms with Crippen molar-refractivity contribution in [2.45, 2.75) is 26.3 Å². The van der Waals surface area contributed by atoms with Gasteiger partial charge in [-0.05, 0) is 62.4 Å². The molecule has 112 valence electrons. The summed E-state index contributed by atoms with van der Waals surface area (Å²) in [6.07, 6.45) is 1.02. The zero-order chi connectivity index (χ0) is 15.2. The van der Waals surface area contributed by atoms with Crippen molar-refractivity contribution in [3.8, 4) is 11.5 Å². The van der Waals surface area contributed by atoms with Gasteiger partial charge in [0.15, 0.2) is 0 Å². The summed E-state index contributed by atoms with van der Waals surface area (Å²) in [6.45, 7) is 4.97. The van der Waals surface area contributed by atoms with Crippen LogP contribution in [0.3, 0.4) is 0 Å². The Bertz CT molecular complexity index is 586. The Morgan fingerprint density at radius 3 is 2.57 bits per heavy atom. The molecule has 21 heavy (non-hydrogen) atoms. The van der Waals surface area contributed by atoms with E-state index in [2.05, 4.69) is 12.2 Å². The third kappa shape index (κ3) is 4.45. The molecule has 0 spiro atoms. The Morgan fingerprint density at radius 2 is 1.90 bits per heavy atom. The molecule has 0 bridgehead atoms. The summed E-state index contributed by atoms with van der Waals surface area (Å²) in [4.78, 5) is 0. The maximum atomic E-state index is 13.5. The molecule has 4 heteroatoms. The molecule has 1 N–H and O–H groups in total. The van der Waals surface area contributed by atoms with E-state index >= 15 is 0 Å². The van der Waals surface area contributed by atoms with E-state index < -0.39 is 0 Å². The summed E-state index contributed by atoms with van der Waals surface area (Å²) in [7, 11) is 0. The van der Waals surface area contributed by atoms with E-state index in [1.165, 1.54) is 12.1 Å². The maximum Gasteiger partial charge on any atom is 0.132 e. The molecule has 0 fully saturated rings. The van der Waals surface area contributed by atoms with E-state index in [-0.39, 0.29) is 11.9 Å². The van der Waals surface area contributed by atoms with Crippen LogP contribution in [0, 0.1) is 5.82 Å². The lowest BCUT2D eigenvalue weighted by Crippen LogP contribution is -2.19. The van der Waals surface area contributed by atoms with Crippen LogP contribution >= 0.6 is 11.6 Å². The number of rotatable bonds is 6. The van der Waals surface area contributed by atoms with Crippen molar-refractivity contribution in [2.75, 3.05) is 6.54 Å². The zero-order valence-corrected chi connectivity index (χ0v) is 13.0. The first-order chi connectivity index (χ1) is 10.1. The molecule has 0 aliphatic heterocycles. The molecule has 2 aromatic rings. The summed E-state index contributed by atoms with van der Waals surface area (Å²) >= 11 is 5.86. The summed E-state index contributed by atoms with van der Waals surface area (Å²) in [5.74, 6) is 1.06. The fourth-order valence-corrected chi connectivity index (χ4v) is 2.18. The maximum absolute atomic E-state index is 13.5. The average Bonchev–Trinajstić information content (AvgIpc) is 2.49. The second kappa shape index (κ2) is 7.43. The van der Waals surface area contributed by atoms with Gasteiger partial charge in [-0.15, -0.1) is 0 Å². The van der Waals surface area contributed by atoms with Crippen LogP contribution in [0.2, 0.25) is 5.02 Å². The summed E-state index contributed by atoms with van der Waals surface area (Å²) in [6, 6.07) is 11.7. The molecule has 0 aliphatic carbocycles. The predicted molar refractivity (Wildman–Crippen MR) is 84.6 cm³/mol. The quantitative estimate of drug-likeness (QED) is 0.778. The second-order valence-corrected chi connectivity index (χ2v) is 5.35. The third-order valence-electron chi connectivity index (χ3n) is 3.18. The molecular formula is C17H19ClFNO. The van der Waals surface area contributed by atoms with Crippen LogP contribution in [0.1, 0.15) is 31.9 Å². The van der Waals surface area contributed by atoms with Gasteiger partial charge in [0.05, 0.1) is 0 Å². The Balaban J connectivity index is 2.23. The van der Waals surface area contributed by atoms with Crippen molar-refractivity contribution in [3.05, 3.63) is 58.9 Å². The molecule has 2 rings (SSSR count). The molecule has 1 unspecified atom stereocenters. The van der Waals surface area contributed by atoms with Crippen LogP contribution in [-0.2, 0) is 0 Å². The van der Waals surface area contributed by atoms with Gasteiger partial charge in [-0.25, -0.2) is 4.39 Å². The van der Waals surface area contributed by atoms with Crippen molar-refractivity contribution in [2.24, 2.45) is 0 Å². The molecule has 1 atom stereocenters. The number of benzene rings is 2. The van der Waals surface area contributed by atoms with Crippen molar-refractivity contribution >= 4 is 11.6 Å². The Morgan fingerprint density at radius 1 is 1.19 bits per heavy atom. The molecule has 0 saturated heterocycles. The van der Waals surface area contributed by atoms with Crippen molar-refractivity contribution in [3.63, 3.8) is 0 Å². The number of nitrogens with one attached hydrogen (secondary N) is 1. The standard InChI is InChI=1S/C17H19ClFNO/c1-3-10-20-12(2)16-11-14(19)6-9-17(16)21-15-7-4-13(18)5-8-15/h4-9,11-12,20H,3,10H2,1-2H3. The normalized spacial score (nSPS) is 12.2. The van der Waals surface area contributed by atoms with Gasteiger partial charge in [0.1, 0.15) is 17.3 Å². The van der Waals surface area contributed by atoms with Gasteiger partial charge < -0.3 is 10.1 Å². The van der Waals surface area contributed by atoms with Crippen LogP contribution in [0.15, 0.2) is 42.5 Å². The minimum absolute atomic E-state index is 0.0166. The minimum atomic E-state index is -0.265. The van der Waals surface area contributed by atoms with Gasteiger partial charge in [0.2, 0.25) is 0 Å². The van der Waals surface area contributed by atoms with Gasteiger partial charge in [-0.2, -0.15) is 0 Å². The molecule has 0 aliphatic rings. The zero-order valence-electron chi connectivity index (χ0n) is 12.2. The molecular weight excluding hydrogens is 289 g/mol. The first-order valence-electron chi connectivity index (χ1n) is 7.06. The summed E-state index contributed by atoms with van der Waals surface area (Å²) < 4.78 is 19.4. The number of hydrogen-bond donors (Lipinski definition) is 1. The highest BCUT2D eigenvalue weighted by molar-refractivity contribution is 6.30. The van der Waals surface area contributed by atoms with E-state index in [0.29, 0.717) is 16.5 Å². The van der Waals surface area contributed by atoms with E-state index in [4.69, 9.17) is 16.3 Å². The average molecular weight is 308 g/mol. The molecule has 0 aromatic heterocycles. The van der Waals surface area contributed by atoms with Gasteiger partial charge in [0, 0.05) is 16.6 Å². The van der Waals surface area contributed by atoms with Crippen LogP contribution in [0.4, 0.5) is 4.39 Å². The highest BCUT2D eigenvalue weighted by Gasteiger charge is 2.13. The summed E-state index contributed by atoms with van der Waals surface area (Å²) in [5, 5.41) is 4.00. The lowest BCUT2D eigenvalue weighted by atomic mass is 10.1. The Hall–Kier alpha value is -1.58. The van der Waals surface area contributed by atoms with Gasteiger partial charge in [-0.3, -0.25) is 0 Å². The molecule has 2 nitrogen and oxygen atoms in total. The largest absolute Gasteiger partial charge is 0.457 e. The number of ether oxygens (including phenoxy) is 1. The van der Waals surface area contributed by atoms with Crippen molar-refractivity contribution in [1.82, 2.24) is 5.32 Å². The van der Waals surface area contributed by atoms with Gasteiger partial charge >= 0.3 is 0 Å². The fourth-order valence-electron chi connectivity index (χ4n) is 2.05. The molecule has 0 heterocycles. The number of halogens is 2. The molecule has 2 aromatic carbocycles. The smallest absolute Gasteiger partial charge is 0.132 e. The lowest BCUT2D eigenvalue weighted by Gasteiger charge is -2.18. The van der Waals surface area contributed by atoms with E-state index in [9.17, 15) is 4.39 Å². The Kier molecular flexibility index (Phi) is 5.59. The van der Waals surface area contributed by atoms with E-state index in [1.54, 1.807) is 30.3 Å². The topological polar surface area (TPSA) is 21.3 Å². The second-order valence-electron chi connectivity index (χ2n) is 4.91. The van der Waals surface area contributed by atoms with Crippen LogP contribution in [-0.4, -0.2) is 6.54 Å². The molecule has 0 amide bonds. The third-order valence-corrected chi connectivity index (χ3v) is 3.43. The van der Waals surface area contributed by atoms with Gasteiger partial charge in [0.25, 0.3) is 0 Å². The van der Waals surface area contributed by atoms with Crippen molar-refractivity contribution in [1.29, 1.82) is 0 Å². The first kappa shape index (κ1) is 15.8. The molecule has 0 radical (unpaired) electrons. The predicted octanol–water partition coefficient (Wildman–Crippen LogP) is 5.33. The fraction of sp³-hybridized carbons (Fsp3) is 0.294. The van der Waals surface area contributed by atoms with Crippen LogP contribution < -0.4 is 10.1 Å². The van der Waals surface area contributed by atoms with Gasteiger partial charge in [-0.1, -0.05) is 18.5 Å². The first-order valence-corrected chi connectivity index (χ1v) is 7.44. The van der Waals surface area contributed by atoms with Crippen LogP contribution in [0.25, 0.3) is 0 Å². The van der Waals surface area contributed by atoms with E-state index in [0.717, 1.165) is 18.5 Å². The summed E-state index contributed by atoms with van der Waals surface area (Å²) in [5.41, 5.74) is 0.804. The number of hydrogen-bond acceptors (Lipinski definition) is 2. The van der Waals surface area contributed by atoms with Crippen molar-refractivity contribution < 1.29 is 9.13 Å². The lowest BCUT2D eigenvalue weighted by molar-refractivity contribution is 0.457. The SMILES string of the molecule is CCCNC(C)c1cc(F)ccc1Oc1ccc(Cl)cc1. The Labute approximate surface area is 129 Å². The van der Waals surface area contributed by atoms with Crippen LogP contribution in [0.5, 0.6) is 11.5 Å². The monoisotopic (exact) mass is 307 g/mol. The molecule has 0 saturated carbocycles. The highest BCUT2D eigenvalue weighted by Crippen LogP contribution is 2.30. The minimum Gasteiger partial charge on any atom is -0.457 e.